The summed E-state index contributed by atoms with van der Waals surface area (Å²) >= 11 is 12.0. The number of hydrogen-bond donors (Lipinski definition) is 1. The third-order valence-electron chi connectivity index (χ3n) is 7.20. The second-order valence-corrected chi connectivity index (χ2v) is 10.4. The maximum absolute atomic E-state index is 13.8. The van der Waals surface area contributed by atoms with Crippen molar-refractivity contribution in [3.05, 3.63) is 94.1 Å². The molecule has 41 heavy (non-hydrogen) atoms. The number of anilines is 1. The van der Waals surface area contributed by atoms with E-state index in [2.05, 4.69) is 9.88 Å². The second kappa shape index (κ2) is 12.2. The number of halogens is 2. The Morgan fingerprint density at radius 2 is 1.46 bits per heavy atom. The summed E-state index contributed by atoms with van der Waals surface area (Å²) in [6.07, 6.45) is 0. The SMILES string of the molecule is COc1ccc(-c2cc(C(=O)N3CCN(C(=O)Nc4ccc(Cl)c(Cl)c4)CC3)c(C)n2-c2cccc(OC)c2)cc1. The number of amides is 3. The van der Waals surface area contributed by atoms with E-state index in [1.54, 1.807) is 42.2 Å². The highest BCUT2D eigenvalue weighted by Crippen LogP contribution is 2.33. The van der Waals surface area contributed by atoms with E-state index in [1.807, 2.05) is 61.5 Å². The van der Waals surface area contributed by atoms with Gasteiger partial charge in [-0.2, -0.15) is 0 Å². The highest BCUT2D eigenvalue weighted by Gasteiger charge is 2.28. The zero-order chi connectivity index (χ0) is 29.1. The van der Waals surface area contributed by atoms with Gasteiger partial charge in [0.2, 0.25) is 0 Å². The monoisotopic (exact) mass is 592 g/mol. The highest BCUT2D eigenvalue weighted by atomic mass is 35.5. The Morgan fingerprint density at radius 3 is 2.12 bits per heavy atom. The largest absolute Gasteiger partial charge is 0.497 e. The van der Waals surface area contributed by atoms with Crippen molar-refractivity contribution in [3.63, 3.8) is 0 Å². The molecule has 1 fully saturated rings. The smallest absolute Gasteiger partial charge is 0.321 e. The summed E-state index contributed by atoms with van der Waals surface area (Å²) in [5, 5.41) is 3.63. The predicted molar refractivity (Wildman–Crippen MR) is 162 cm³/mol. The lowest BCUT2D eigenvalue weighted by Crippen LogP contribution is -2.51. The van der Waals surface area contributed by atoms with E-state index < -0.39 is 0 Å². The van der Waals surface area contributed by atoms with E-state index in [1.165, 1.54) is 0 Å². The van der Waals surface area contributed by atoms with Crippen LogP contribution in [0.1, 0.15) is 16.1 Å². The van der Waals surface area contributed by atoms with Crippen molar-refractivity contribution in [3.8, 4) is 28.4 Å². The first-order valence-corrected chi connectivity index (χ1v) is 13.9. The van der Waals surface area contributed by atoms with Gasteiger partial charge < -0.3 is 29.2 Å². The van der Waals surface area contributed by atoms with Gasteiger partial charge in [-0.15, -0.1) is 0 Å². The van der Waals surface area contributed by atoms with Crippen LogP contribution in [0.25, 0.3) is 16.9 Å². The average molecular weight is 594 g/mol. The molecule has 0 spiro atoms. The number of aromatic nitrogens is 1. The molecule has 4 aromatic rings. The molecule has 5 rings (SSSR count). The Hall–Kier alpha value is -4.14. The van der Waals surface area contributed by atoms with E-state index >= 15 is 0 Å². The number of hydrogen-bond acceptors (Lipinski definition) is 4. The molecule has 10 heteroatoms. The summed E-state index contributed by atoms with van der Waals surface area (Å²) in [7, 11) is 3.26. The number of nitrogens with one attached hydrogen (secondary N) is 1. The van der Waals surface area contributed by atoms with Gasteiger partial charge in [-0.1, -0.05) is 29.3 Å². The van der Waals surface area contributed by atoms with E-state index in [0.717, 1.165) is 34.1 Å². The number of rotatable bonds is 6. The summed E-state index contributed by atoms with van der Waals surface area (Å²) in [6.45, 7) is 3.57. The summed E-state index contributed by atoms with van der Waals surface area (Å²) in [6, 6.07) is 22.1. The van der Waals surface area contributed by atoms with E-state index in [-0.39, 0.29) is 11.9 Å². The fourth-order valence-corrected chi connectivity index (χ4v) is 5.24. The molecule has 0 radical (unpaired) electrons. The molecule has 0 aliphatic carbocycles. The topological polar surface area (TPSA) is 76.0 Å². The maximum atomic E-state index is 13.8. The van der Waals surface area contributed by atoms with Gasteiger partial charge in [0.1, 0.15) is 11.5 Å². The quantitative estimate of drug-likeness (QED) is 0.268. The van der Waals surface area contributed by atoms with Crippen molar-refractivity contribution in [1.29, 1.82) is 0 Å². The van der Waals surface area contributed by atoms with Gasteiger partial charge in [0.05, 0.1) is 35.5 Å². The number of benzene rings is 3. The van der Waals surface area contributed by atoms with Crippen LogP contribution in [0.15, 0.2) is 72.8 Å². The minimum Gasteiger partial charge on any atom is -0.497 e. The Balaban J connectivity index is 1.37. The summed E-state index contributed by atoms with van der Waals surface area (Å²) in [4.78, 5) is 30.1. The number of nitrogens with zero attached hydrogens (tertiary/aromatic N) is 3. The maximum Gasteiger partial charge on any atom is 0.321 e. The van der Waals surface area contributed by atoms with Gasteiger partial charge in [-0.05, 0) is 73.2 Å². The summed E-state index contributed by atoms with van der Waals surface area (Å²) in [5.41, 5.74) is 4.68. The predicted octanol–water partition coefficient (Wildman–Crippen LogP) is 6.77. The summed E-state index contributed by atoms with van der Waals surface area (Å²) in [5.74, 6) is 1.39. The molecule has 0 unspecified atom stereocenters. The number of urea groups is 1. The number of ether oxygens (including phenoxy) is 2. The minimum absolute atomic E-state index is 0.0801. The summed E-state index contributed by atoms with van der Waals surface area (Å²) < 4.78 is 12.9. The molecule has 0 atom stereocenters. The van der Waals surface area contributed by atoms with E-state index in [0.29, 0.717) is 47.5 Å². The van der Waals surface area contributed by atoms with Gasteiger partial charge in [0.15, 0.2) is 0 Å². The normalized spacial score (nSPS) is 13.2. The van der Waals surface area contributed by atoms with Gasteiger partial charge in [-0.25, -0.2) is 4.79 Å². The van der Waals surface area contributed by atoms with Gasteiger partial charge in [0, 0.05) is 49.3 Å². The molecular formula is C31H30Cl2N4O4. The lowest BCUT2D eigenvalue weighted by Gasteiger charge is -2.34. The van der Waals surface area contributed by atoms with Crippen LogP contribution in [0.5, 0.6) is 11.5 Å². The van der Waals surface area contributed by atoms with Crippen molar-refractivity contribution < 1.29 is 19.1 Å². The van der Waals surface area contributed by atoms with Gasteiger partial charge >= 0.3 is 6.03 Å². The van der Waals surface area contributed by atoms with Crippen LogP contribution in [0, 0.1) is 6.92 Å². The molecule has 1 saturated heterocycles. The number of methoxy groups -OCH3 is 2. The molecule has 212 valence electrons. The van der Waals surface area contributed by atoms with Crippen LogP contribution < -0.4 is 14.8 Å². The molecule has 2 heterocycles. The number of carbonyl (C=O) groups is 2. The van der Waals surface area contributed by atoms with Crippen molar-refractivity contribution >= 4 is 40.8 Å². The van der Waals surface area contributed by atoms with Crippen molar-refractivity contribution in [2.24, 2.45) is 0 Å². The van der Waals surface area contributed by atoms with Crippen molar-refractivity contribution in [1.82, 2.24) is 14.4 Å². The molecule has 1 aliphatic rings. The molecule has 3 amide bonds. The second-order valence-electron chi connectivity index (χ2n) is 9.63. The van der Waals surface area contributed by atoms with Crippen molar-refractivity contribution in [2.45, 2.75) is 6.92 Å². The van der Waals surface area contributed by atoms with E-state index in [4.69, 9.17) is 32.7 Å². The first-order valence-electron chi connectivity index (χ1n) is 13.1. The standard InChI is InChI=1S/C31H30Cl2N4O4/c1-20-26(30(38)35-13-15-36(16-14-35)31(39)34-22-9-12-27(32)28(33)17-22)19-29(21-7-10-24(40-2)11-8-21)37(20)23-5-4-6-25(18-23)41-3/h4-12,17-19H,13-16H2,1-3H3,(H,34,39). The van der Waals surface area contributed by atoms with Crippen LogP contribution in [0.3, 0.4) is 0 Å². The van der Waals surface area contributed by atoms with Crippen LogP contribution in [0.4, 0.5) is 10.5 Å². The molecule has 8 nitrogen and oxygen atoms in total. The number of carbonyl (C=O) groups excluding carboxylic acids is 2. The Labute approximate surface area is 249 Å². The van der Waals surface area contributed by atoms with Crippen LogP contribution in [0.2, 0.25) is 10.0 Å². The third kappa shape index (κ3) is 5.99. The van der Waals surface area contributed by atoms with Gasteiger partial charge in [-0.3, -0.25) is 4.79 Å². The minimum atomic E-state index is -0.252. The lowest BCUT2D eigenvalue weighted by atomic mass is 10.1. The number of piperazine rings is 1. The molecule has 0 bridgehead atoms. The molecule has 3 aromatic carbocycles. The zero-order valence-electron chi connectivity index (χ0n) is 23.0. The fourth-order valence-electron chi connectivity index (χ4n) is 4.94. The van der Waals surface area contributed by atoms with Gasteiger partial charge in [0.25, 0.3) is 5.91 Å². The third-order valence-corrected chi connectivity index (χ3v) is 7.94. The molecule has 1 aliphatic heterocycles. The van der Waals surface area contributed by atoms with E-state index in [9.17, 15) is 9.59 Å². The lowest BCUT2D eigenvalue weighted by molar-refractivity contribution is 0.0671. The first kappa shape index (κ1) is 28.4. The Bertz CT molecular complexity index is 1580. The van der Waals surface area contributed by atoms with Crippen LogP contribution >= 0.6 is 23.2 Å². The van der Waals surface area contributed by atoms with Crippen molar-refractivity contribution in [2.75, 3.05) is 45.7 Å². The Morgan fingerprint density at radius 1 is 0.780 bits per heavy atom. The molecular weight excluding hydrogens is 563 g/mol. The fraction of sp³-hybridized carbons (Fsp3) is 0.226. The van der Waals surface area contributed by atoms with Crippen LogP contribution in [-0.4, -0.2) is 66.7 Å². The van der Waals surface area contributed by atoms with Crippen LogP contribution in [-0.2, 0) is 0 Å². The zero-order valence-corrected chi connectivity index (χ0v) is 24.5. The molecule has 1 aromatic heterocycles. The first-order chi connectivity index (χ1) is 19.8. The Kier molecular flexibility index (Phi) is 8.42. The average Bonchev–Trinajstić information content (AvgIpc) is 3.35. The molecule has 0 saturated carbocycles. The highest BCUT2D eigenvalue weighted by molar-refractivity contribution is 6.42. The molecule has 1 N–H and O–H groups in total.